The number of nitrogens with one attached hydrogen (secondary N) is 2. The van der Waals surface area contributed by atoms with Crippen molar-refractivity contribution in [2.45, 2.75) is 4.90 Å². The van der Waals surface area contributed by atoms with Crippen molar-refractivity contribution >= 4 is 31.4 Å². The summed E-state index contributed by atoms with van der Waals surface area (Å²) in [6.07, 6.45) is 0. The van der Waals surface area contributed by atoms with Gasteiger partial charge in [0.05, 0.1) is 15.6 Å². The van der Waals surface area contributed by atoms with Gasteiger partial charge in [0.25, 0.3) is 5.69 Å². The second-order valence-corrected chi connectivity index (χ2v) is 7.71. The van der Waals surface area contributed by atoms with Gasteiger partial charge in [-0.05, 0) is 19.2 Å². The first kappa shape index (κ1) is 17.3. The van der Waals surface area contributed by atoms with Crippen molar-refractivity contribution in [1.82, 2.24) is 9.44 Å². The molecule has 1 aromatic rings. The molecule has 1 rings (SSSR count). The summed E-state index contributed by atoms with van der Waals surface area (Å²) in [4.78, 5) is 9.56. The molecule has 0 fully saturated rings. The van der Waals surface area contributed by atoms with Crippen LogP contribution in [0.25, 0.3) is 0 Å². The highest BCUT2D eigenvalue weighted by molar-refractivity contribution is 7.90. The summed E-state index contributed by atoms with van der Waals surface area (Å²) in [5, 5.41) is 10.6. The lowest BCUT2D eigenvalue weighted by atomic mass is 10.3. The molecule has 0 aliphatic rings. The number of sulfonamides is 2. The Balaban J connectivity index is 2.89. The van der Waals surface area contributed by atoms with Crippen molar-refractivity contribution in [2.75, 3.05) is 25.1 Å². The first-order valence-corrected chi connectivity index (χ1v) is 8.67. The number of anilines is 1. The highest BCUT2D eigenvalue weighted by Gasteiger charge is 2.19. The number of nitrogens with two attached hydrogens (primary N) is 1. The molecule has 118 valence electrons. The van der Waals surface area contributed by atoms with Gasteiger partial charge < -0.3 is 5.73 Å². The minimum atomic E-state index is -4.00. The molecule has 0 saturated carbocycles. The summed E-state index contributed by atoms with van der Waals surface area (Å²) in [7, 11) is -6.33. The third kappa shape index (κ3) is 4.63. The number of nitro benzene ring substituents is 1. The van der Waals surface area contributed by atoms with Gasteiger partial charge in [0, 0.05) is 12.6 Å². The van der Waals surface area contributed by atoms with Crippen LogP contribution in [0.1, 0.15) is 0 Å². The number of hydrogen-bond donors (Lipinski definition) is 3. The first-order chi connectivity index (χ1) is 9.59. The van der Waals surface area contributed by atoms with Gasteiger partial charge in [-0.2, -0.15) is 0 Å². The smallest absolute Gasteiger partial charge is 0.292 e. The zero-order chi connectivity index (χ0) is 16.3. The van der Waals surface area contributed by atoms with E-state index >= 15 is 0 Å². The lowest BCUT2D eigenvalue weighted by Gasteiger charge is -2.07. The summed E-state index contributed by atoms with van der Waals surface area (Å²) >= 11 is 0. The van der Waals surface area contributed by atoms with E-state index in [-0.39, 0.29) is 17.1 Å². The zero-order valence-corrected chi connectivity index (χ0v) is 12.6. The van der Waals surface area contributed by atoms with Crippen molar-refractivity contribution in [1.29, 1.82) is 0 Å². The van der Waals surface area contributed by atoms with Crippen LogP contribution in [0.5, 0.6) is 0 Å². The number of nitro groups is 1. The Morgan fingerprint density at radius 3 is 2.38 bits per heavy atom. The highest BCUT2D eigenvalue weighted by Crippen LogP contribution is 2.24. The Hall–Kier alpha value is -1.76. The molecule has 0 saturated heterocycles. The standard InChI is InChI=1S/C9H14N4O6S2/c1-11-20(16,17)5-4-12-21(18,19)7-2-3-9(13(14)15)8(10)6-7/h2-3,6,11-12H,4-5,10H2,1H3. The fourth-order valence-electron chi connectivity index (χ4n) is 1.36. The Labute approximate surface area is 121 Å². The second-order valence-electron chi connectivity index (χ2n) is 3.90. The van der Waals surface area contributed by atoms with E-state index < -0.39 is 36.4 Å². The Morgan fingerprint density at radius 2 is 1.90 bits per heavy atom. The molecule has 21 heavy (non-hydrogen) atoms. The molecule has 0 spiro atoms. The third-order valence-electron chi connectivity index (χ3n) is 2.48. The quantitative estimate of drug-likeness (QED) is 0.326. The molecule has 0 aromatic heterocycles. The van der Waals surface area contributed by atoms with Gasteiger partial charge in [-0.3, -0.25) is 10.1 Å². The molecule has 1 aromatic carbocycles. The summed E-state index contributed by atoms with van der Waals surface area (Å²) in [5.74, 6) is -0.439. The monoisotopic (exact) mass is 338 g/mol. The molecule has 0 aliphatic heterocycles. The average Bonchev–Trinajstić information content (AvgIpc) is 2.37. The number of hydrogen-bond acceptors (Lipinski definition) is 7. The van der Waals surface area contributed by atoms with Crippen LogP contribution in [0.2, 0.25) is 0 Å². The summed E-state index contributed by atoms with van der Waals surface area (Å²) in [6, 6.07) is 2.92. The maximum atomic E-state index is 11.9. The van der Waals surface area contributed by atoms with Gasteiger partial charge in [-0.15, -0.1) is 0 Å². The van der Waals surface area contributed by atoms with Crippen molar-refractivity contribution in [3.05, 3.63) is 28.3 Å². The minimum Gasteiger partial charge on any atom is -0.393 e. The van der Waals surface area contributed by atoms with Crippen LogP contribution in [0.4, 0.5) is 11.4 Å². The van der Waals surface area contributed by atoms with Gasteiger partial charge in [-0.1, -0.05) is 0 Å². The van der Waals surface area contributed by atoms with Gasteiger partial charge >= 0.3 is 0 Å². The molecule has 0 aliphatic carbocycles. The normalized spacial score (nSPS) is 12.2. The SMILES string of the molecule is CNS(=O)(=O)CCNS(=O)(=O)c1ccc([N+](=O)[O-])c(N)c1. The van der Waals surface area contributed by atoms with E-state index in [1.165, 1.54) is 7.05 Å². The van der Waals surface area contributed by atoms with Crippen LogP contribution in [0, 0.1) is 10.1 Å². The Kier molecular flexibility index (Phi) is 5.22. The predicted molar refractivity (Wildman–Crippen MR) is 75.5 cm³/mol. The van der Waals surface area contributed by atoms with Crippen LogP contribution >= 0.6 is 0 Å². The third-order valence-corrected chi connectivity index (χ3v) is 5.30. The van der Waals surface area contributed by atoms with E-state index in [1.807, 2.05) is 4.72 Å². The van der Waals surface area contributed by atoms with Crippen molar-refractivity contribution in [3.63, 3.8) is 0 Å². The molecule has 0 amide bonds. The minimum absolute atomic E-state index is 0.285. The molecular formula is C9H14N4O6S2. The van der Waals surface area contributed by atoms with E-state index in [1.54, 1.807) is 0 Å². The largest absolute Gasteiger partial charge is 0.393 e. The fraction of sp³-hybridized carbons (Fsp3) is 0.333. The van der Waals surface area contributed by atoms with Crippen LogP contribution in [-0.4, -0.2) is 41.1 Å². The summed E-state index contributed by atoms with van der Waals surface area (Å²) < 4.78 is 50.2. The van der Waals surface area contributed by atoms with Gasteiger partial charge in [0.15, 0.2) is 0 Å². The number of nitrogens with zero attached hydrogens (tertiary/aromatic N) is 1. The zero-order valence-electron chi connectivity index (χ0n) is 10.9. The van der Waals surface area contributed by atoms with Gasteiger partial charge in [0.1, 0.15) is 5.69 Å². The predicted octanol–water partition coefficient (Wildman–Crippen LogP) is -0.995. The number of nitrogen functional groups attached to an aromatic ring is 1. The topological polar surface area (TPSA) is 162 Å². The van der Waals surface area contributed by atoms with Gasteiger partial charge in [-0.25, -0.2) is 26.3 Å². The number of benzene rings is 1. The molecule has 0 radical (unpaired) electrons. The Bertz CT molecular complexity index is 744. The second kappa shape index (κ2) is 6.34. The molecular weight excluding hydrogens is 324 g/mol. The molecule has 12 heteroatoms. The fourth-order valence-corrected chi connectivity index (χ4v) is 3.13. The van der Waals surface area contributed by atoms with E-state index in [2.05, 4.69) is 4.72 Å². The lowest BCUT2D eigenvalue weighted by Crippen LogP contribution is -2.33. The van der Waals surface area contributed by atoms with E-state index in [9.17, 15) is 26.9 Å². The first-order valence-electron chi connectivity index (χ1n) is 5.54. The molecule has 0 unspecified atom stereocenters. The summed E-state index contributed by atoms with van der Waals surface area (Å²) in [6.45, 7) is -0.345. The molecule has 10 nitrogen and oxygen atoms in total. The lowest BCUT2D eigenvalue weighted by molar-refractivity contribution is -0.383. The van der Waals surface area contributed by atoms with Crippen LogP contribution < -0.4 is 15.2 Å². The maximum absolute atomic E-state index is 11.9. The molecule has 4 N–H and O–H groups in total. The van der Waals surface area contributed by atoms with E-state index in [0.29, 0.717) is 0 Å². The van der Waals surface area contributed by atoms with Crippen LogP contribution in [0.3, 0.4) is 0 Å². The Morgan fingerprint density at radius 1 is 1.29 bits per heavy atom. The molecule has 0 bridgehead atoms. The van der Waals surface area contributed by atoms with Crippen LogP contribution in [0.15, 0.2) is 23.1 Å². The maximum Gasteiger partial charge on any atom is 0.292 e. The molecule has 0 atom stereocenters. The van der Waals surface area contributed by atoms with Crippen LogP contribution in [-0.2, 0) is 20.0 Å². The molecule has 0 heterocycles. The van der Waals surface area contributed by atoms with E-state index in [0.717, 1.165) is 18.2 Å². The average molecular weight is 338 g/mol. The van der Waals surface area contributed by atoms with Crippen molar-refractivity contribution < 1.29 is 21.8 Å². The van der Waals surface area contributed by atoms with Crippen molar-refractivity contribution in [3.8, 4) is 0 Å². The van der Waals surface area contributed by atoms with Crippen molar-refractivity contribution in [2.24, 2.45) is 0 Å². The van der Waals surface area contributed by atoms with E-state index in [4.69, 9.17) is 5.73 Å². The number of rotatable bonds is 7. The highest BCUT2D eigenvalue weighted by atomic mass is 32.2. The van der Waals surface area contributed by atoms with Gasteiger partial charge in [0.2, 0.25) is 20.0 Å². The summed E-state index contributed by atoms with van der Waals surface area (Å²) in [5.41, 5.74) is 4.69.